The molecule has 6 nitrogen and oxygen atoms in total. The van der Waals surface area contributed by atoms with Crippen LogP contribution in [0.5, 0.6) is 0 Å². The average molecular weight is 276 g/mol. The lowest BCUT2D eigenvalue weighted by molar-refractivity contribution is 0.768. The van der Waals surface area contributed by atoms with Crippen LogP contribution in [-0.4, -0.2) is 29.4 Å². The van der Waals surface area contributed by atoms with E-state index in [1.807, 2.05) is 49.9 Å². The molecule has 102 valence electrons. The molecule has 21 heavy (non-hydrogen) atoms. The first-order valence-electron chi connectivity index (χ1n) is 6.55. The molecule has 4 rings (SSSR count). The van der Waals surface area contributed by atoms with Crippen LogP contribution in [0.4, 0.5) is 0 Å². The number of rotatable bonds is 2. The second-order valence-electron chi connectivity index (χ2n) is 4.78. The largest absolute Gasteiger partial charge is 0.275 e. The molecule has 0 aromatic carbocycles. The lowest BCUT2D eigenvalue weighted by Crippen LogP contribution is -1.95. The summed E-state index contributed by atoms with van der Waals surface area (Å²) in [5, 5.41) is 8.66. The Morgan fingerprint density at radius 3 is 2.62 bits per heavy atom. The second-order valence-corrected chi connectivity index (χ2v) is 4.78. The summed E-state index contributed by atoms with van der Waals surface area (Å²) in [5.41, 5.74) is 4.54. The fraction of sp³-hybridized carbons (Fsp3) is 0.0667. The number of nitrogens with zero attached hydrogens (tertiary/aromatic N) is 6. The number of fused-ring (bicyclic) bond motifs is 1. The van der Waals surface area contributed by atoms with Gasteiger partial charge in [-0.2, -0.15) is 10.2 Å². The van der Waals surface area contributed by atoms with Crippen LogP contribution < -0.4 is 0 Å². The lowest BCUT2D eigenvalue weighted by Gasteiger charge is -2.01. The molecule has 0 aliphatic heterocycles. The van der Waals surface area contributed by atoms with Gasteiger partial charge in [-0.05, 0) is 18.2 Å². The number of aryl methyl sites for hydroxylation is 1. The highest BCUT2D eigenvalue weighted by atomic mass is 15.3. The minimum Gasteiger partial charge on any atom is -0.275 e. The van der Waals surface area contributed by atoms with E-state index < -0.39 is 0 Å². The van der Waals surface area contributed by atoms with Gasteiger partial charge in [-0.25, -0.2) is 9.50 Å². The number of imidazole rings is 1. The molecule has 0 fully saturated rings. The standard InChI is InChI=1S/C15H12N6/c1-20-10-12(8-18-20)11-6-15-17-9-14(21(15)19-7-11)13-4-2-3-5-16-13/h2-10H,1H3. The lowest BCUT2D eigenvalue weighted by atomic mass is 10.2. The van der Waals surface area contributed by atoms with Gasteiger partial charge >= 0.3 is 0 Å². The summed E-state index contributed by atoms with van der Waals surface area (Å²) in [6.45, 7) is 0. The van der Waals surface area contributed by atoms with Gasteiger partial charge < -0.3 is 0 Å². The Labute approximate surface area is 120 Å². The molecule has 4 heterocycles. The fourth-order valence-electron chi connectivity index (χ4n) is 2.29. The van der Waals surface area contributed by atoms with Gasteiger partial charge in [0, 0.05) is 30.6 Å². The zero-order valence-corrected chi connectivity index (χ0v) is 11.4. The van der Waals surface area contributed by atoms with Gasteiger partial charge in [0.1, 0.15) is 5.69 Å². The van der Waals surface area contributed by atoms with E-state index in [9.17, 15) is 0 Å². The quantitative estimate of drug-likeness (QED) is 0.563. The molecule has 0 aliphatic carbocycles. The van der Waals surface area contributed by atoms with Crippen molar-refractivity contribution in [3.05, 3.63) is 55.2 Å². The predicted octanol–water partition coefficient (Wildman–Crippen LogP) is 2.19. The Kier molecular flexibility index (Phi) is 2.53. The molecule has 0 N–H and O–H groups in total. The van der Waals surface area contributed by atoms with Crippen molar-refractivity contribution in [2.24, 2.45) is 7.05 Å². The molecule has 0 saturated carbocycles. The Morgan fingerprint density at radius 1 is 0.952 bits per heavy atom. The average Bonchev–Trinajstić information content (AvgIpc) is 3.13. The minimum absolute atomic E-state index is 0.789. The maximum atomic E-state index is 4.48. The van der Waals surface area contributed by atoms with Gasteiger partial charge in [0.15, 0.2) is 5.65 Å². The van der Waals surface area contributed by atoms with Crippen LogP contribution in [0.2, 0.25) is 0 Å². The van der Waals surface area contributed by atoms with Crippen LogP contribution >= 0.6 is 0 Å². The van der Waals surface area contributed by atoms with Crippen molar-refractivity contribution in [2.45, 2.75) is 0 Å². The maximum absolute atomic E-state index is 4.48. The molecule has 4 aromatic heterocycles. The SMILES string of the molecule is Cn1cc(-c2cnn3c(-c4ccccn4)cnc3c2)cn1. The molecule has 6 heteroatoms. The molecular formula is C15H12N6. The van der Waals surface area contributed by atoms with Crippen LogP contribution in [0, 0.1) is 0 Å². The summed E-state index contributed by atoms with van der Waals surface area (Å²) in [7, 11) is 1.89. The van der Waals surface area contributed by atoms with E-state index in [-0.39, 0.29) is 0 Å². The fourth-order valence-corrected chi connectivity index (χ4v) is 2.29. The van der Waals surface area contributed by atoms with Crippen molar-refractivity contribution in [1.82, 2.24) is 29.4 Å². The first-order chi connectivity index (χ1) is 10.3. The van der Waals surface area contributed by atoms with Crippen LogP contribution in [0.25, 0.3) is 28.2 Å². The van der Waals surface area contributed by atoms with E-state index in [1.54, 1.807) is 21.6 Å². The molecule has 4 aromatic rings. The first-order valence-corrected chi connectivity index (χ1v) is 6.55. The molecule has 0 amide bonds. The molecule has 0 saturated heterocycles. The van der Waals surface area contributed by atoms with Gasteiger partial charge in [-0.1, -0.05) is 6.07 Å². The van der Waals surface area contributed by atoms with Crippen molar-refractivity contribution in [3.8, 4) is 22.5 Å². The number of pyridine rings is 1. The maximum Gasteiger partial charge on any atom is 0.154 e. The molecule has 0 radical (unpaired) electrons. The summed E-state index contributed by atoms with van der Waals surface area (Å²) in [6.07, 6.45) is 9.14. The Morgan fingerprint density at radius 2 is 1.86 bits per heavy atom. The van der Waals surface area contributed by atoms with Gasteiger partial charge in [0.2, 0.25) is 0 Å². The van der Waals surface area contributed by atoms with Crippen molar-refractivity contribution < 1.29 is 0 Å². The highest BCUT2D eigenvalue weighted by molar-refractivity contribution is 5.67. The summed E-state index contributed by atoms with van der Waals surface area (Å²) >= 11 is 0. The topological polar surface area (TPSA) is 60.9 Å². The predicted molar refractivity (Wildman–Crippen MR) is 78.4 cm³/mol. The third-order valence-corrected chi connectivity index (χ3v) is 3.33. The van der Waals surface area contributed by atoms with Gasteiger partial charge in [0.25, 0.3) is 0 Å². The molecular weight excluding hydrogens is 264 g/mol. The highest BCUT2D eigenvalue weighted by Crippen LogP contribution is 2.22. The Bertz CT molecular complexity index is 906. The van der Waals surface area contributed by atoms with Gasteiger partial charge in [0.05, 0.1) is 24.3 Å². The van der Waals surface area contributed by atoms with Crippen molar-refractivity contribution in [3.63, 3.8) is 0 Å². The Balaban J connectivity index is 1.84. The summed E-state index contributed by atoms with van der Waals surface area (Å²) < 4.78 is 3.56. The normalized spacial score (nSPS) is 11.1. The van der Waals surface area contributed by atoms with E-state index in [0.717, 1.165) is 28.2 Å². The van der Waals surface area contributed by atoms with E-state index in [0.29, 0.717) is 0 Å². The second kappa shape index (κ2) is 4.52. The van der Waals surface area contributed by atoms with Crippen LogP contribution in [-0.2, 0) is 7.05 Å². The van der Waals surface area contributed by atoms with Crippen LogP contribution in [0.15, 0.2) is 55.2 Å². The van der Waals surface area contributed by atoms with Crippen molar-refractivity contribution in [1.29, 1.82) is 0 Å². The first kappa shape index (κ1) is 11.8. The van der Waals surface area contributed by atoms with Gasteiger partial charge in [-0.15, -0.1) is 0 Å². The number of hydrogen-bond donors (Lipinski definition) is 0. The summed E-state index contributed by atoms with van der Waals surface area (Å²) in [4.78, 5) is 8.76. The number of aromatic nitrogens is 6. The molecule has 0 aliphatic rings. The number of hydrogen-bond acceptors (Lipinski definition) is 4. The Hall–Kier alpha value is -3.02. The van der Waals surface area contributed by atoms with Crippen LogP contribution in [0.1, 0.15) is 0 Å². The van der Waals surface area contributed by atoms with E-state index in [2.05, 4.69) is 20.2 Å². The third-order valence-electron chi connectivity index (χ3n) is 3.33. The zero-order valence-electron chi connectivity index (χ0n) is 11.4. The smallest absolute Gasteiger partial charge is 0.154 e. The summed E-state index contributed by atoms with van der Waals surface area (Å²) in [6, 6.07) is 7.78. The van der Waals surface area contributed by atoms with E-state index >= 15 is 0 Å². The third kappa shape index (κ3) is 1.97. The molecule has 0 spiro atoms. The van der Waals surface area contributed by atoms with Crippen molar-refractivity contribution in [2.75, 3.05) is 0 Å². The summed E-state index contributed by atoms with van der Waals surface area (Å²) in [5.74, 6) is 0. The molecule has 0 bridgehead atoms. The molecule has 0 unspecified atom stereocenters. The molecule has 0 atom stereocenters. The minimum atomic E-state index is 0.789. The monoisotopic (exact) mass is 276 g/mol. The van der Waals surface area contributed by atoms with Crippen molar-refractivity contribution >= 4 is 5.65 Å². The van der Waals surface area contributed by atoms with Crippen LogP contribution in [0.3, 0.4) is 0 Å². The highest BCUT2D eigenvalue weighted by Gasteiger charge is 2.09. The van der Waals surface area contributed by atoms with E-state index in [1.165, 1.54) is 0 Å². The van der Waals surface area contributed by atoms with Gasteiger partial charge in [-0.3, -0.25) is 9.67 Å². The zero-order chi connectivity index (χ0) is 14.2. The van der Waals surface area contributed by atoms with E-state index in [4.69, 9.17) is 0 Å².